The summed E-state index contributed by atoms with van der Waals surface area (Å²) in [6.07, 6.45) is 4.93. The van der Waals surface area contributed by atoms with E-state index < -0.39 is 0 Å². The van der Waals surface area contributed by atoms with Crippen LogP contribution in [-0.2, 0) is 9.47 Å². The number of hydrogen-bond acceptors (Lipinski definition) is 3. The van der Waals surface area contributed by atoms with Gasteiger partial charge in [0.15, 0.2) is 0 Å². The smallest absolute Gasteiger partial charge is 0.0829 e. The minimum Gasteiger partial charge on any atom is -0.474 e. The van der Waals surface area contributed by atoms with Gasteiger partial charge in [0.05, 0.1) is 25.2 Å². The molecule has 70 valence electrons. The highest BCUT2D eigenvalue weighted by molar-refractivity contribution is 4.61. The van der Waals surface area contributed by atoms with E-state index in [-0.39, 0.29) is 12.7 Å². The lowest BCUT2D eigenvalue weighted by Gasteiger charge is -2.00. The highest BCUT2D eigenvalue weighted by Gasteiger charge is 2.12. The Balaban J connectivity index is 0.000000217. The van der Waals surface area contributed by atoms with Gasteiger partial charge in [-0.15, -0.1) is 0 Å². The number of rotatable bonds is 3. The van der Waals surface area contributed by atoms with E-state index in [9.17, 15) is 0 Å². The van der Waals surface area contributed by atoms with Crippen LogP contribution in [-0.4, -0.2) is 24.4 Å². The third kappa shape index (κ3) is 5.95. The molecule has 1 rings (SSSR count). The molecule has 0 spiro atoms. The molecule has 0 saturated carbocycles. The molecule has 1 aliphatic rings. The molecule has 3 nitrogen and oxygen atoms in total. The summed E-state index contributed by atoms with van der Waals surface area (Å²) in [5, 5.41) is 8.44. The molecule has 0 bridgehead atoms. The first-order chi connectivity index (χ1) is 5.85. The van der Waals surface area contributed by atoms with Crippen molar-refractivity contribution in [1.82, 2.24) is 0 Å². The third-order valence-corrected chi connectivity index (χ3v) is 1.42. The molecule has 0 aromatic carbocycles. The van der Waals surface area contributed by atoms with Crippen LogP contribution in [0.1, 0.15) is 12.8 Å². The minimum atomic E-state index is 0.153. The van der Waals surface area contributed by atoms with E-state index in [1.807, 2.05) is 0 Å². The molecule has 0 radical (unpaired) electrons. The molecule has 1 heterocycles. The van der Waals surface area contributed by atoms with Crippen LogP contribution >= 0.6 is 0 Å². The molecule has 1 fully saturated rings. The predicted octanol–water partition coefficient (Wildman–Crippen LogP) is 1.45. The topological polar surface area (TPSA) is 38.7 Å². The third-order valence-electron chi connectivity index (χ3n) is 1.42. The summed E-state index contributed by atoms with van der Waals surface area (Å²) in [6, 6.07) is 0. The summed E-state index contributed by atoms with van der Waals surface area (Å²) >= 11 is 0. The Kier molecular flexibility index (Phi) is 7.74. The first kappa shape index (κ1) is 11.2. The fourth-order valence-electron chi connectivity index (χ4n) is 0.856. The van der Waals surface area contributed by atoms with Gasteiger partial charge < -0.3 is 14.6 Å². The summed E-state index contributed by atoms with van der Waals surface area (Å²) in [6.45, 7) is 7.55. The lowest BCUT2D eigenvalue weighted by Crippen LogP contribution is -2.09. The summed E-state index contributed by atoms with van der Waals surface area (Å²) in [5.74, 6) is 0. The zero-order valence-electron chi connectivity index (χ0n) is 7.24. The van der Waals surface area contributed by atoms with E-state index >= 15 is 0 Å². The van der Waals surface area contributed by atoms with Crippen molar-refractivity contribution in [2.24, 2.45) is 0 Å². The maximum Gasteiger partial charge on any atom is 0.0829 e. The van der Waals surface area contributed by atoms with Gasteiger partial charge >= 0.3 is 0 Å². The van der Waals surface area contributed by atoms with E-state index in [2.05, 4.69) is 17.9 Å². The summed E-state index contributed by atoms with van der Waals surface area (Å²) in [7, 11) is 0. The largest absolute Gasteiger partial charge is 0.474 e. The van der Waals surface area contributed by atoms with Crippen LogP contribution in [0.25, 0.3) is 0 Å². The van der Waals surface area contributed by atoms with E-state index in [1.54, 1.807) is 0 Å². The molecule has 0 aliphatic carbocycles. The lowest BCUT2D eigenvalue weighted by atomic mass is 10.2. The predicted molar refractivity (Wildman–Crippen MR) is 47.5 cm³/mol. The Morgan fingerprint density at radius 3 is 2.33 bits per heavy atom. The van der Waals surface area contributed by atoms with Gasteiger partial charge in [0, 0.05) is 6.61 Å². The molecule has 0 aromatic heterocycles. The molecule has 1 saturated heterocycles. The Bertz CT molecular complexity index is 111. The van der Waals surface area contributed by atoms with Gasteiger partial charge in [-0.3, -0.25) is 0 Å². The van der Waals surface area contributed by atoms with Crippen LogP contribution < -0.4 is 0 Å². The molecule has 1 unspecified atom stereocenters. The van der Waals surface area contributed by atoms with E-state index in [0.717, 1.165) is 19.4 Å². The van der Waals surface area contributed by atoms with Crippen LogP contribution in [0.3, 0.4) is 0 Å². The van der Waals surface area contributed by atoms with Gasteiger partial charge in [-0.05, 0) is 12.8 Å². The van der Waals surface area contributed by atoms with Crippen molar-refractivity contribution < 1.29 is 14.6 Å². The lowest BCUT2D eigenvalue weighted by molar-refractivity contribution is 0.0591. The summed E-state index contributed by atoms with van der Waals surface area (Å²) < 4.78 is 9.41. The Morgan fingerprint density at radius 2 is 2.17 bits per heavy atom. The monoisotopic (exact) mass is 172 g/mol. The standard InChI is InChI=1S/C5H10O2.C4H6O/c6-4-5-2-1-3-7-5;1-3-5-4-2/h5-6H,1-4H2;3-4H,1-2H2. The normalized spacial score (nSPS) is 20.6. The Morgan fingerprint density at radius 1 is 1.50 bits per heavy atom. The van der Waals surface area contributed by atoms with Crippen LogP contribution in [0, 0.1) is 0 Å². The Hall–Kier alpha value is -0.800. The second-order valence-electron chi connectivity index (χ2n) is 2.29. The molecule has 1 atom stereocenters. The van der Waals surface area contributed by atoms with Gasteiger partial charge in [0.1, 0.15) is 0 Å². The van der Waals surface area contributed by atoms with Crippen molar-refractivity contribution >= 4 is 0 Å². The van der Waals surface area contributed by atoms with Crippen molar-refractivity contribution in [3.8, 4) is 0 Å². The van der Waals surface area contributed by atoms with Crippen molar-refractivity contribution in [3.05, 3.63) is 25.7 Å². The van der Waals surface area contributed by atoms with Crippen molar-refractivity contribution in [2.75, 3.05) is 13.2 Å². The van der Waals surface area contributed by atoms with Crippen LogP contribution in [0.5, 0.6) is 0 Å². The minimum absolute atomic E-state index is 0.153. The maximum atomic E-state index is 8.44. The summed E-state index contributed by atoms with van der Waals surface area (Å²) in [5.41, 5.74) is 0. The van der Waals surface area contributed by atoms with Gasteiger partial charge in [0.25, 0.3) is 0 Å². The molecule has 3 heteroatoms. The average Bonchev–Trinajstić information content (AvgIpc) is 2.58. The van der Waals surface area contributed by atoms with E-state index in [4.69, 9.17) is 9.84 Å². The molecule has 1 aliphatic heterocycles. The first-order valence-corrected chi connectivity index (χ1v) is 3.95. The molecule has 1 N–H and O–H groups in total. The van der Waals surface area contributed by atoms with E-state index in [1.165, 1.54) is 12.5 Å². The highest BCUT2D eigenvalue weighted by Crippen LogP contribution is 2.09. The zero-order valence-corrected chi connectivity index (χ0v) is 7.24. The first-order valence-electron chi connectivity index (χ1n) is 3.95. The molecular formula is C9H16O3. The fourth-order valence-corrected chi connectivity index (χ4v) is 0.856. The number of ether oxygens (including phenoxy) is 2. The van der Waals surface area contributed by atoms with Gasteiger partial charge in [0.2, 0.25) is 0 Å². The van der Waals surface area contributed by atoms with Crippen molar-refractivity contribution in [1.29, 1.82) is 0 Å². The Labute approximate surface area is 73.3 Å². The second-order valence-corrected chi connectivity index (χ2v) is 2.29. The number of aliphatic hydroxyl groups is 1. The molecular weight excluding hydrogens is 156 g/mol. The molecule has 0 aromatic rings. The molecule has 12 heavy (non-hydrogen) atoms. The van der Waals surface area contributed by atoms with Crippen LogP contribution in [0.2, 0.25) is 0 Å². The van der Waals surface area contributed by atoms with Crippen molar-refractivity contribution in [3.63, 3.8) is 0 Å². The zero-order chi connectivity index (χ0) is 9.23. The van der Waals surface area contributed by atoms with Gasteiger partial charge in [-0.25, -0.2) is 0 Å². The van der Waals surface area contributed by atoms with Crippen molar-refractivity contribution in [2.45, 2.75) is 18.9 Å². The average molecular weight is 172 g/mol. The van der Waals surface area contributed by atoms with Gasteiger partial charge in [-0.1, -0.05) is 13.2 Å². The SMILES string of the molecule is C=COC=C.OCC1CCCO1. The molecule has 0 amide bonds. The highest BCUT2D eigenvalue weighted by atomic mass is 16.5. The van der Waals surface area contributed by atoms with Crippen LogP contribution in [0.4, 0.5) is 0 Å². The quantitative estimate of drug-likeness (QED) is 0.655. The van der Waals surface area contributed by atoms with Crippen LogP contribution in [0.15, 0.2) is 25.7 Å². The second kappa shape index (κ2) is 8.30. The number of hydrogen-bond donors (Lipinski definition) is 1. The summed E-state index contributed by atoms with van der Waals surface area (Å²) in [4.78, 5) is 0. The maximum absolute atomic E-state index is 8.44. The van der Waals surface area contributed by atoms with E-state index in [0.29, 0.717) is 0 Å². The fraction of sp³-hybridized carbons (Fsp3) is 0.556. The van der Waals surface area contributed by atoms with Gasteiger partial charge in [-0.2, -0.15) is 0 Å². The number of aliphatic hydroxyl groups excluding tert-OH is 1.